The summed E-state index contributed by atoms with van der Waals surface area (Å²) in [6.45, 7) is 2.79. The third kappa shape index (κ3) is 3.98. The molecular weight excluding hydrogens is 256 g/mol. The van der Waals surface area contributed by atoms with Gasteiger partial charge in [-0.1, -0.05) is 0 Å². The number of hydrogen-bond donors (Lipinski definition) is 1. The third-order valence-electron chi connectivity index (χ3n) is 2.65. The Morgan fingerprint density at radius 1 is 1.21 bits per heavy atom. The molecule has 2 rings (SSSR count). The molecule has 1 aromatic heterocycles. The molecular formula is C15H18N2OS. The normalized spacial score (nSPS) is 10.5. The quantitative estimate of drug-likeness (QED) is 0.844. The highest BCUT2D eigenvalue weighted by Gasteiger charge is 2.03. The number of thioether (sulfide) groups is 1. The summed E-state index contributed by atoms with van der Waals surface area (Å²) >= 11 is 1.72. The van der Waals surface area contributed by atoms with Crippen LogP contribution in [0.2, 0.25) is 0 Å². The van der Waals surface area contributed by atoms with E-state index in [4.69, 9.17) is 4.74 Å². The van der Waals surface area contributed by atoms with E-state index < -0.39 is 0 Å². The van der Waals surface area contributed by atoms with E-state index in [1.165, 1.54) is 10.5 Å². The molecule has 0 aliphatic rings. The van der Waals surface area contributed by atoms with E-state index in [0.29, 0.717) is 5.88 Å². The van der Waals surface area contributed by atoms with Crippen molar-refractivity contribution in [1.82, 2.24) is 10.3 Å². The lowest BCUT2D eigenvalue weighted by atomic mass is 10.2. The Labute approximate surface area is 118 Å². The van der Waals surface area contributed by atoms with Crippen LogP contribution in [0.25, 0.3) is 0 Å². The maximum absolute atomic E-state index is 5.80. The predicted molar refractivity (Wildman–Crippen MR) is 80.0 cm³/mol. The van der Waals surface area contributed by atoms with Crippen molar-refractivity contribution < 1.29 is 4.74 Å². The molecule has 4 heteroatoms. The van der Waals surface area contributed by atoms with E-state index in [1.54, 1.807) is 11.8 Å². The SMILES string of the molecule is CNCc1cc(C)nc(Oc2ccc(SC)cc2)c1. The summed E-state index contributed by atoms with van der Waals surface area (Å²) in [6, 6.07) is 12.0. The zero-order valence-corrected chi connectivity index (χ0v) is 12.3. The van der Waals surface area contributed by atoms with Crippen LogP contribution in [0.15, 0.2) is 41.3 Å². The number of nitrogens with zero attached hydrogens (tertiary/aromatic N) is 1. The molecule has 0 aliphatic carbocycles. The standard InChI is InChI=1S/C15H18N2OS/c1-11-8-12(10-16-2)9-15(17-11)18-13-4-6-14(19-3)7-5-13/h4-9,16H,10H2,1-3H3. The van der Waals surface area contributed by atoms with Crippen LogP contribution < -0.4 is 10.1 Å². The van der Waals surface area contributed by atoms with E-state index in [-0.39, 0.29) is 0 Å². The zero-order chi connectivity index (χ0) is 13.7. The van der Waals surface area contributed by atoms with Crippen LogP contribution in [-0.4, -0.2) is 18.3 Å². The molecule has 0 bridgehead atoms. The molecule has 1 heterocycles. The first-order valence-electron chi connectivity index (χ1n) is 6.15. The lowest BCUT2D eigenvalue weighted by Gasteiger charge is -2.08. The average Bonchev–Trinajstić information content (AvgIpc) is 2.39. The van der Waals surface area contributed by atoms with Gasteiger partial charge in [0.25, 0.3) is 0 Å². The number of aromatic nitrogens is 1. The van der Waals surface area contributed by atoms with E-state index in [0.717, 1.165) is 18.0 Å². The number of pyridine rings is 1. The molecule has 1 aromatic carbocycles. The van der Waals surface area contributed by atoms with Gasteiger partial charge in [-0.05, 0) is 56.1 Å². The molecule has 0 saturated heterocycles. The van der Waals surface area contributed by atoms with Crippen molar-refractivity contribution in [3.63, 3.8) is 0 Å². The van der Waals surface area contributed by atoms with Crippen molar-refractivity contribution >= 4 is 11.8 Å². The Morgan fingerprint density at radius 3 is 2.58 bits per heavy atom. The summed E-state index contributed by atoms with van der Waals surface area (Å²) < 4.78 is 5.80. The maximum Gasteiger partial charge on any atom is 0.219 e. The molecule has 0 fully saturated rings. The second kappa shape index (κ2) is 6.59. The highest BCUT2D eigenvalue weighted by atomic mass is 32.2. The lowest BCUT2D eigenvalue weighted by Crippen LogP contribution is -2.06. The summed E-state index contributed by atoms with van der Waals surface area (Å²) in [4.78, 5) is 5.62. The van der Waals surface area contributed by atoms with Crippen molar-refractivity contribution in [1.29, 1.82) is 0 Å². The molecule has 0 radical (unpaired) electrons. The molecule has 0 amide bonds. The predicted octanol–water partition coefficient (Wildman–Crippen LogP) is 3.62. The van der Waals surface area contributed by atoms with Gasteiger partial charge >= 0.3 is 0 Å². The lowest BCUT2D eigenvalue weighted by molar-refractivity contribution is 0.460. The smallest absolute Gasteiger partial charge is 0.219 e. The summed E-state index contributed by atoms with van der Waals surface area (Å²) in [7, 11) is 1.93. The minimum Gasteiger partial charge on any atom is -0.439 e. The molecule has 0 spiro atoms. The van der Waals surface area contributed by atoms with Crippen LogP contribution in [-0.2, 0) is 6.54 Å². The van der Waals surface area contributed by atoms with Gasteiger partial charge in [0.1, 0.15) is 5.75 Å². The maximum atomic E-state index is 5.80. The Morgan fingerprint density at radius 2 is 1.95 bits per heavy atom. The van der Waals surface area contributed by atoms with E-state index in [1.807, 2.05) is 44.3 Å². The molecule has 19 heavy (non-hydrogen) atoms. The van der Waals surface area contributed by atoms with Gasteiger partial charge < -0.3 is 10.1 Å². The molecule has 0 aliphatic heterocycles. The van der Waals surface area contributed by atoms with E-state index in [2.05, 4.69) is 22.6 Å². The number of nitrogens with one attached hydrogen (secondary N) is 1. The highest BCUT2D eigenvalue weighted by molar-refractivity contribution is 7.98. The number of ether oxygens (including phenoxy) is 1. The van der Waals surface area contributed by atoms with Crippen molar-refractivity contribution in [2.45, 2.75) is 18.4 Å². The summed E-state index contributed by atoms with van der Waals surface area (Å²) in [6.07, 6.45) is 2.06. The third-order valence-corrected chi connectivity index (χ3v) is 3.40. The van der Waals surface area contributed by atoms with Gasteiger partial charge in [-0.15, -0.1) is 11.8 Å². The fourth-order valence-electron chi connectivity index (χ4n) is 1.83. The summed E-state index contributed by atoms with van der Waals surface area (Å²) in [5.41, 5.74) is 2.13. The Hall–Kier alpha value is -1.52. The van der Waals surface area contributed by atoms with Crippen molar-refractivity contribution in [3.05, 3.63) is 47.7 Å². The van der Waals surface area contributed by atoms with Crippen molar-refractivity contribution in [2.24, 2.45) is 0 Å². The van der Waals surface area contributed by atoms with Crippen molar-refractivity contribution in [2.75, 3.05) is 13.3 Å². The second-order valence-electron chi connectivity index (χ2n) is 4.26. The van der Waals surface area contributed by atoms with Gasteiger partial charge in [0.2, 0.25) is 5.88 Å². The Kier molecular flexibility index (Phi) is 4.82. The van der Waals surface area contributed by atoms with Gasteiger partial charge in [0.05, 0.1) is 0 Å². The summed E-state index contributed by atoms with van der Waals surface area (Å²) in [5, 5.41) is 3.13. The number of aryl methyl sites for hydroxylation is 1. The largest absolute Gasteiger partial charge is 0.439 e. The number of hydrogen-bond acceptors (Lipinski definition) is 4. The van der Waals surface area contributed by atoms with Gasteiger partial charge in [0.15, 0.2) is 0 Å². The summed E-state index contributed by atoms with van der Waals surface area (Å²) in [5.74, 6) is 1.45. The van der Waals surface area contributed by atoms with Crippen molar-refractivity contribution in [3.8, 4) is 11.6 Å². The average molecular weight is 274 g/mol. The van der Waals surface area contributed by atoms with Crippen LogP contribution in [0, 0.1) is 6.92 Å². The van der Waals surface area contributed by atoms with Gasteiger partial charge in [-0.2, -0.15) is 0 Å². The second-order valence-corrected chi connectivity index (χ2v) is 5.14. The topological polar surface area (TPSA) is 34.2 Å². The molecule has 100 valence electrons. The molecule has 1 N–H and O–H groups in total. The van der Waals surface area contributed by atoms with Gasteiger partial charge in [-0.3, -0.25) is 0 Å². The minimum absolute atomic E-state index is 0.641. The first-order chi connectivity index (χ1) is 9.21. The fourth-order valence-corrected chi connectivity index (χ4v) is 2.24. The molecule has 0 unspecified atom stereocenters. The molecule has 0 saturated carbocycles. The van der Waals surface area contributed by atoms with Crippen LogP contribution in [0.3, 0.4) is 0 Å². The monoisotopic (exact) mass is 274 g/mol. The number of rotatable bonds is 5. The van der Waals surface area contributed by atoms with Gasteiger partial charge in [0, 0.05) is 23.2 Å². The zero-order valence-electron chi connectivity index (χ0n) is 11.4. The molecule has 2 aromatic rings. The first kappa shape index (κ1) is 13.9. The van der Waals surface area contributed by atoms with Crippen LogP contribution in [0.1, 0.15) is 11.3 Å². The van der Waals surface area contributed by atoms with Crippen LogP contribution >= 0.6 is 11.8 Å². The first-order valence-corrected chi connectivity index (χ1v) is 7.38. The van der Waals surface area contributed by atoms with Crippen LogP contribution in [0.5, 0.6) is 11.6 Å². The fraction of sp³-hybridized carbons (Fsp3) is 0.267. The molecule has 3 nitrogen and oxygen atoms in total. The van der Waals surface area contributed by atoms with E-state index in [9.17, 15) is 0 Å². The number of benzene rings is 1. The van der Waals surface area contributed by atoms with E-state index >= 15 is 0 Å². The highest BCUT2D eigenvalue weighted by Crippen LogP contribution is 2.24. The Bertz CT molecular complexity index is 540. The van der Waals surface area contributed by atoms with Gasteiger partial charge in [-0.25, -0.2) is 4.98 Å². The van der Waals surface area contributed by atoms with Crippen LogP contribution in [0.4, 0.5) is 0 Å². The minimum atomic E-state index is 0.641. The molecule has 0 atom stereocenters. The Balaban J connectivity index is 2.17.